The number of hydrogen-bond acceptors (Lipinski definition) is 3. The Hall–Kier alpha value is -0.940. The van der Waals surface area contributed by atoms with Gasteiger partial charge in [0.15, 0.2) is 0 Å². The van der Waals surface area contributed by atoms with Crippen LogP contribution in [-0.2, 0) is 15.8 Å². The molecular weight excluding hydrogens is 176 g/mol. The van der Waals surface area contributed by atoms with E-state index in [2.05, 4.69) is 4.98 Å². The Morgan fingerprint density at radius 3 is 2.75 bits per heavy atom. The highest BCUT2D eigenvalue weighted by atomic mass is 32.2. The Bertz CT molecular complexity index is 373. The van der Waals surface area contributed by atoms with E-state index in [0.717, 1.165) is 5.56 Å². The largest absolute Gasteiger partial charge is 0.260 e. The van der Waals surface area contributed by atoms with Gasteiger partial charge in [0.05, 0.1) is 5.69 Å². The lowest BCUT2D eigenvalue weighted by atomic mass is 10.3. The standard InChI is InChI=1S/C7H10N2O2S/c1-6-2-3-9-7(4-6)5-12(8,10)11/h2-4H,5H2,1H3,(H2,8,10,11). The van der Waals surface area contributed by atoms with E-state index in [0.29, 0.717) is 5.69 Å². The molecule has 5 heteroatoms. The van der Waals surface area contributed by atoms with Gasteiger partial charge < -0.3 is 0 Å². The quantitative estimate of drug-likeness (QED) is 0.716. The summed E-state index contributed by atoms with van der Waals surface area (Å²) < 4.78 is 21.3. The summed E-state index contributed by atoms with van der Waals surface area (Å²) in [7, 11) is -3.46. The molecule has 1 aromatic heterocycles. The Labute approximate surface area is 71.5 Å². The Kier molecular flexibility index (Phi) is 2.44. The van der Waals surface area contributed by atoms with Crippen LogP contribution in [0.2, 0.25) is 0 Å². The molecule has 0 aromatic carbocycles. The highest BCUT2D eigenvalue weighted by molar-refractivity contribution is 7.88. The molecule has 0 fully saturated rings. The second-order valence-electron chi connectivity index (χ2n) is 2.63. The number of hydrogen-bond donors (Lipinski definition) is 1. The molecule has 2 N–H and O–H groups in total. The maximum absolute atomic E-state index is 10.6. The lowest BCUT2D eigenvalue weighted by Crippen LogP contribution is -2.15. The predicted molar refractivity (Wildman–Crippen MR) is 45.8 cm³/mol. The van der Waals surface area contributed by atoms with Gasteiger partial charge in [-0.1, -0.05) is 0 Å². The van der Waals surface area contributed by atoms with Crippen molar-refractivity contribution >= 4 is 10.0 Å². The fourth-order valence-corrected chi connectivity index (χ4v) is 1.45. The minimum atomic E-state index is -3.46. The van der Waals surface area contributed by atoms with Crippen molar-refractivity contribution in [2.75, 3.05) is 0 Å². The van der Waals surface area contributed by atoms with Crippen molar-refractivity contribution in [1.29, 1.82) is 0 Å². The zero-order chi connectivity index (χ0) is 9.19. The predicted octanol–water partition coefficient (Wildman–Crippen LogP) is 0.179. The van der Waals surface area contributed by atoms with Crippen LogP contribution in [-0.4, -0.2) is 13.4 Å². The van der Waals surface area contributed by atoms with E-state index >= 15 is 0 Å². The maximum Gasteiger partial charge on any atom is 0.214 e. The van der Waals surface area contributed by atoms with Crippen LogP contribution in [0, 0.1) is 6.92 Å². The summed E-state index contributed by atoms with van der Waals surface area (Å²) in [5.41, 5.74) is 1.46. The molecule has 4 nitrogen and oxygen atoms in total. The molecule has 0 saturated heterocycles. The van der Waals surface area contributed by atoms with E-state index < -0.39 is 10.0 Å². The molecule has 0 aliphatic carbocycles. The summed E-state index contributed by atoms with van der Waals surface area (Å²) in [5, 5.41) is 4.85. The summed E-state index contributed by atoms with van der Waals surface area (Å²) in [6.07, 6.45) is 1.57. The van der Waals surface area contributed by atoms with Crippen LogP contribution in [0.5, 0.6) is 0 Å². The van der Waals surface area contributed by atoms with Gasteiger partial charge in [0.1, 0.15) is 5.75 Å². The van der Waals surface area contributed by atoms with Gasteiger partial charge in [0.25, 0.3) is 0 Å². The molecule has 0 unspecified atom stereocenters. The van der Waals surface area contributed by atoms with Gasteiger partial charge >= 0.3 is 0 Å². The van der Waals surface area contributed by atoms with Crippen LogP contribution >= 0.6 is 0 Å². The number of primary sulfonamides is 1. The number of aryl methyl sites for hydroxylation is 1. The number of rotatable bonds is 2. The summed E-state index contributed by atoms with van der Waals surface area (Å²) in [6, 6.07) is 3.50. The van der Waals surface area contributed by atoms with Crippen LogP contribution in [0.25, 0.3) is 0 Å². The second-order valence-corrected chi connectivity index (χ2v) is 4.25. The minimum Gasteiger partial charge on any atom is -0.260 e. The molecule has 1 rings (SSSR count). The van der Waals surface area contributed by atoms with Gasteiger partial charge in [-0.3, -0.25) is 4.98 Å². The van der Waals surface area contributed by atoms with E-state index in [-0.39, 0.29) is 5.75 Å². The average Bonchev–Trinajstić information content (AvgIpc) is 1.82. The third-order valence-corrected chi connectivity index (χ3v) is 2.02. The van der Waals surface area contributed by atoms with Crippen LogP contribution in [0.4, 0.5) is 0 Å². The Morgan fingerprint density at radius 1 is 1.58 bits per heavy atom. The van der Waals surface area contributed by atoms with E-state index in [4.69, 9.17) is 5.14 Å². The molecule has 66 valence electrons. The first-order valence-electron chi connectivity index (χ1n) is 3.39. The monoisotopic (exact) mass is 186 g/mol. The van der Waals surface area contributed by atoms with Crippen molar-refractivity contribution in [3.05, 3.63) is 29.6 Å². The normalized spacial score (nSPS) is 11.5. The smallest absolute Gasteiger partial charge is 0.214 e. The first-order chi connectivity index (χ1) is 5.47. The van der Waals surface area contributed by atoms with Gasteiger partial charge in [-0.05, 0) is 24.6 Å². The van der Waals surface area contributed by atoms with Crippen molar-refractivity contribution in [2.24, 2.45) is 5.14 Å². The molecule has 1 heterocycles. The zero-order valence-corrected chi connectivity index (χ0v) is 7.50. The van der Waals surface area contributed by atoms with Crippen molar-refractivity contribution < 1.29 is 8.42 Å². The molecule has 12 heavy (non-hydrogen) atoms. The number of aromatic nitrogens is 1. The maximum atomic E-state index is 10.6. The van der Waals surface area contributed by atoms with E-state index in [9.17, 15) is 8.42 Å². The Morgan fingerprint density at radius 2 is 2.25 bits per heavy atom. The summed E-state index contributed by atoms with van der Waals surface area (Å²) in [4.78, 5) is 3.87. The minimum absolute atomic E-state index is 0.200. The molecule has 0 aliphatic heterocycles. The zero-order valence-electron chi connectivity index (χ0n) is 6.69. The third-order valence-electron chi connectivity index (χ3n) is 1.32. The number of nitrogens with zero attached hydrogens (tertiary/aromatic N) is 1. The summed E-state index contributed by atoms with van der Waals surface area (Å²) in [6.45, 7) is 1.87. The molecule has 0 aliphatic rings. The van der Waals surface area contributed by atoms with E-state index in [1.807, 2.05) is 6.92 Å². The van der Waals surface area contributed by atoms with Gasteiger partial charge in [-0.15, -0.1) is 0 Å². The molecule has 0 amide bonds. The third kappa shape index (κ3) is 2.98. The van der Waals surface area contributed by atoms with Crippen LogP contribution in [0.1, 0.15) is 11.3 Å². The van der Waals surface area contributed by atoms with Crippen molar-refractivity contribution in [1.82, 2.24) is 4.98 Å². The molecule has 0 atom stereocenters. The summed E-state index contributed by atoms with van der Waals surface area (Å²) in [5.74, 6) is -0.200. The number of pyridine rings is 1. The number of nitrogens with two attached hydrogens (primary N) is 1. The first-order valence-corrected chi connectivity index (χ1v) is 5.11. The van der Waals surface area contributed by atoms with Crippen LogP contribution in [0.15, 0.2) is 18.3 Å². The highest BCUT2D eigenvalue weighted by Gasteiger charge is 2.05. The SMILES string of the molecule is Cc1ccnc(CS(N)(=O)=O)c1. The lowest BCUT2D eigenvalue weighted by Gasteiger charge is -1.98. The fourth-order valence-electron chi connectivity index (χ4n) is 0.884. The van der Waals surface area contributed by atoms with Crippen molar-refractivity contribution in [3.63, 3.8) is 0 Å². The number of sulfonamides is 1. The van der Waals surface area contributed by atoms with Crippen LogP contribution in [0.3, 0.4) is 0 Å². The van der Waals surface area contributed by atoms with Crippen molar-refractivity contribution in [3.8, 4) is 0 Å². The fraction of sp³-hybridized carbons (Fsp3) is 0.286. The molecule has 1 aromatic rings. The van der Waals surface area contributed by atoms with Crippen LogP contribution < -0.4 is 5.14 Å². The topological polar surface area (TPSA) is 73.0 Å². The Balaban J connectivity index is 2.91. The first kappa shape index (κ1) is 9.15. The second kappa shape index (κ2) is 3.20. The van der Waals surface area contributed by atoms with Crippen molar-refractivity contribution in [2.45, 2.75) is 12.7 Å². The molecule has 0 radical (unpaired) electrons. The van der Waals surface area contributed by atoms with E-state index in [1.165, 1.54) is 0 Å². The van der Waals surface area contributed by atoms with Gasteiger partial charge in [0.2, 0.25) is 10.0 Å². The molecule has 0 saturated carbocycles. The van der Waals surface area contributed by atoms with Gasteiger partial charge in [-0.2, -0.15) is 0 Å². The summed E-state index contributed by atoms with van der Waals surface area (Å²) >= 11 is 0. The molecule has 0 bridgehead atoms. The van der Waals surface area contributed by atoms with Gasteiger partial charge in [-0.25, -0.2) is 13.6 Å². The highest BCUT2D eigenvalue weighted by Crippen LogP contribution is 2.02. The molecular formula is C7H10N2O2S. The van der Waals surface area contributed by atoms with E-state index in [1.54, 1.807) is 18.3 Å². The van der Waals surface area contributed by atoms with Gasteiger partial charge in [0, 0.05) is 6.20 Å². The lowest BCUT2D eigenvalue weighted by molar-refractivity contribution is 0.596. The molecule has 0 spiro atoms. The average molecular weight is 186 g/mol.